The van der Waals surface area contributed by atoms with Crippen molar-refractivity contribution in [2.24, 2.45) is 0 Å². The van der Waals surface area contributed by atoms with E-state index in [0.717, 1.165) is 19.6 Å². The Hall–Kier alpha value is -1.58. The quantitative estimate of drug-likeness (QED) is 0.896. The first-order valence-electron chi connectivity index (χ1n) is 6.24. The monoisotopic (exact) mass is 243 g/mol. The third-order valence-electron chi connectivity index (χ3n) is 3.52. The van der Waals surface area contributed by atoms with Crippen molar-refractivity contribution in [2.75, 3.05) is 7.05 Å². The minimum Gasteiger partial charge on any atom is -0.472 e. The van der Waals surface area contributed by atoms with Crippen LogP contribution in [0.3, 0.4) is 0 Å². The molecule has 2 aromatic rings. The van der Waals surface area contributed by atoms with Gasteiger partial charge in [-0.3, -0.25) is 0 Å². The molecule has 1 N–H and O–H groups in total. The molecule has 0 bridgehead atoms. The van der Waals surface area contributed by atoms with E-state index in [1.807, 2.05) is 13.1 Å². The van der Waals surface area contributed by atoms with Crippen LogP contribution in [-0.4, -0.2) is 7.05 Å². The van der Waals surface area contributed by atoms with E-state index < -0.39 is 0 Å². The normalized spacial score (nSPS) is 15.6. The van der Waals surface area contributed by atoms with Gasteiger partial charge in [0.05, 0.1) is 25.7 Å². The van der Waals surface area contributed by atoms with Gasteiger partial charge >= 0.3 is 0 Å². The van der Waals surface area contributed by atoms with Crippen LogP contribution in [0.1, 0.15) is 28.3 Å². The topological polar surface area (TPSA) is 34.4 Å². The average Bonchev–Trinajstić information content (AvgIpc) is 3.06. The van der Waals surface area contributed by atoms with Crippen LogP contribution in [0.4, 0.5) is 0 Å². The van der Waals surface area contributed by atoms with Gasteiger partial charge in [0.1, 0.15) is 0 Å². The molecule has 0 saturated heterocycles. The van der Waals surface area contributed by atoms with E-state index in [9.17, 15) is 0 Å². The summed E-state index contributed by atoms with van der Waals surface area (Å²) in [5.74, 6) is 0. The molecule has 1 aliphatic rings. The highest BCUT2D eigenvalue weighted by Crippen LogP contribution is 2.25. The first-order valence-corrected chi connectivity index (χ1v) is 6.24. The fourth-order valence-electron chi connectivity index (χ4n) is 2.44. The number of benzene rings is 1. The highest BCUT2D eigenvalue weighted by Gasteiger charge is 2.16. The van der Waals surface area contributed by atoms with Crippen LogP contribution >= 0.6 is 0 Å². The van der Waals surface area contributed by atoms with Crippen molar-refractivity contribution in [3.05, 3.63) is 59.0 Å². The summed E-state index contributed by atoms with van der Waals surface area (Å²) in [6.45, 7) is 1.49. The van der Waals surface area contributed by atoms with E-state index in [-0.39, 0.29) is 0 Å². The molecule has 1 unspecified atom stereocenters. The van der Waals surface area contributed by atoms with Crippen LogP contribution in [0.2, 0.25) is 0 Å². The van der Waals surface area contributed by atoms with Crippen molar-refractivity contribution < 1.29 is 9.15 Å². The van der Waals surface area contributed by atoms with Crippen molar-refractivity contribution in [2.45, 2.75) is 25.7 Å². The molecule has 3 rings (SSSR count). The smallest absolute Gasteiger partial charge is 0.0935 e. The van der Waals surface area contributed by atoms with Gasteiger partial charge in [-0.15, -0.1) is 0 Å². The van der Waals surface area contributed by atoms with Gasteiger partial charge in [-0.1, -0.05) is 18.2 Å². The van der Waals surface area contributed by atoms with Crippen molar-refractivity contribution in [1.29, 1.82) is 0 Å². The Labute approximate surface area is 107 Å². The molecule has 18 heavy (non-hydrogen) atoms. The third kappa shape index (κ3) is 2.19. The zero-order valence-corrected chi connectivity index (χ0v) is 10.5. The molecule has 2 heterocycles. The van der Waals surface area contributed by atoms with E-state index in [1.165, 1.54) is 22.3 Å². The summed E-state index contributed by atoms with van der Waals surface area (Å²) < 4.78 is 10.6. The summed E-state index contributed by atoms with van der Waals surface area (Å²) in [6, 6.07) is 8.95. The van der Waals surface area contributed by atoms with Crippen molar-refractivity contribution in [3.63, 3.8) is 0 Å². The van der Waals surface area contributed by atoms with Crippen molar-refractivity contribution in [3.8, 4) is 0 Å². The Balaban J connectivity index is 1.83. The Morgan fingerprint density at radius 1 is 1.22 bits per heavy atom. The standard InChI is InChI=1S/C15H17NO2/c1-16-15(6-11-4-5-17-8-11)12-2-3-13-9-18-10-14(13)7-12/h2-5,7-8,15-16H,6,9-10H2,1H3. The van der Waals surface area contributed by atoms with Gasteiger partial charge in [0, 0.05) is 6.04 Å². The molecule has 94 valence electrons. The minimum atomic E-state index is 0.313. The molecular weight excluding hydrogens is 226 g/mol. The summed E-state index contributed by atoms with van der Waals surface area (Å²) in [5.41, 5.74) is 5.16. The lowest BCUT2D eigenvalue weighted by Gasteiger charge is -2.16. The fourth-order valence-corrected chi connectivity index (χ4v) is 2.44. The van der Waals surface area contributed by atoms with Gasteiger partial charge in [0.15, 0.2) is 0 Å². The highest BCUT2D eigenvalue weighted by molar-refractivity contribution is 5.35. The fraction of sp³-hybridized carbons (Fsp3) is 0.333. The van der Waals surface area contributed by atoms with E-state index in [1.54, 1.807) is 12.5 Å². The number of rotatable bonds is 4. The van der Waals surface area contributed by atoms with E-state index >= 15 is 0 Å². The first-order chi connectivity index (χ1) is 8.86. The maximum Gasteiger partial charge on any atom is 0.0935 e. The van der Waals surface area contributed by atoms with Crippen LogP contribution in [0.25, 0.3) is 0 Å². The Kier molecular flexibility index (Phi) is 3.17. The molecule has 1 atom stereocenters. The largest absolute Gasteiger partial charge is 0.472 e. The minimum absolute atomic E-state index is 0.313. The lowest BCUT2D eigenvalue weighted by atomic mass is 9.97. The lowest BCUT2D eigenvalue weighted by Crippen LogP contribution is -2.18. The molecule has 0 amide bonds. The van der Waals surface area contributed by atoms with Crippen LogP contribution in [-0.2, 0) is 24.4 Å². The summed E-state index contributed by atoms with van der Waals surface area (Å²) in [7, 11) is 1.99. The maximum atomic E-state index is 5.45. The predicted molar refractivity (Wildman–Crippen MR) is 69.1 cm³/mol. The Morgan fingerprint density at radius 3 is 2.89 bits per heavy atom. The van der Waals surface area contributed by atoms with Gasteiger partial charge in [-0.2, -0.15) is 0 Å². The highest BCUT2D eigenvalue weighted by atomic mass is 16.5. The number of hydrogen-bond acceptors (Lipinski definition) is 3. The molecule has 0 radical (unpaired) electrons. The number of ether oxygens (including phenoxy) is 1. The Morgan fingerprint density at radius 2 is 2.11 bits per heavy atom. The molecule has 1 aliphatic heterocycles. The third-order valence-corrected chi connectivity index (χ3v) is 3.52. The van der Waals surface area contributed by atoms with Gasteiger partial charge in [-0.05, 0) is 41.8 Å². The number of furan rings is 1. The second-order valence-corrected chi connectivity index (χ2v) is 4.70. The summed E-state index contributed by atoms with van der Waals surface area (Å²) in [6.07, 6.45) is 4.46. The second kappa shape index (κ2) is 4.96. The molecule has 3 heteroatoms. The van der Waals surface area contributed by atoms with Crippen LogP contribution in [0.15, 0.2) is 41.2 Å². The molecule has 0 spiro atoms. The van der Waals surface area contributed by atoms with E-state index in [0.29, 0.717) is 6.04 Å². The van der Waals surface area contributed by atoms with Crippen LogP contribution < -0.4 is 5.32 Å². The Bertz CT molecular complexity index is 519. The number of nitrogens with one attached hydrogen (secondary N) is 1. The maximum absolute atomic E-state index is 5.45. The molecule has 0 aliphatic carbocycles. The SMILES string of the molecule is CNC(Cc1ccoc1)c1ccc2c(c1)COC2. The van der Waals surface area contributed by atoms with Crippen molar-refractivity contribution >= 4 is 0 Å². The summed E-state index contributed by atoms with van der Waals surface area (Å²) in [4.78, 5) is 0. The predicted octanol–water partition coefficient (Wildman–Crippen LogP) is 2.81. The zero-order valence-electron chi connectivity index (χ0n) is 10.5. The first kappa shape index (κ1) is 11.5. The van der Waals surface area contributed by atoms with E-state index in [2.05, 4.69) is 23.5 Å². The molecule has 0 saturated carbocycles. The zero-order chi connectivity index (χ0) is 12.4. The van der Waals surface area contributed by atoms with Crippen LogP contribution in [0, 0.1) is 0 Å². The average molecular weight is 243 g/mol. The van der Waals surface area contributed by atoms with Gasteiger partial charge in [0.25, 0.3) is 0 Å². The molecule has 1 aromatic heterocycles. The van der Waals surface area contributed by atoms with Crippen LogP contribution in [0.5, 0.6) is 0 Å². The molecule has 3 nitrogen and oxygen atoms in total. The summed E-state index contributed by atoms with van der Waals surface area (Å²) in [5, 5.41) is 3.37. The van der Waals surface area contributed by atoms with Crippen molar-refractivity contribution in [1.82, 2.24) is 5.32 Å². The van der Waals surface area contributed by atoms with Gasteiger partial charge < -0.3 is 14.5 Å². The molecule has 0 fully saturated rings. The number of likely N-dealkylation sites (N-methyl/N-ethyl adjacent to an activating group) is 1. The molecule has 1 aromatic carbocycles. The number of fused-ring (bicyclic) bond motifs is 1. The van der Waals surface area contributed by atoms with Gasteiger partial charge in [-0.25, -0.2) is 0 Å². The molecular formula is C15H17NO2. The summed E-state index contributed by atoms with van der Waals surface area (Å²) >= 11 is 0. The second-order valence-electron chi connectivity index (χ2n) is 4.70. The lowest BCUT2D eigenvalue weighted by molar-refractivity contribution is 0.134. The van der Waals surface area contributed by atoms with Gasteiger partial charge in [0.2, 0.25) is 0 Å². The number of hydrogen-bond donors (Lipinski definition) is 1. The van der Waals surface area contributed by atoms with E-state index in [4.69, 9.17) is 9.15 Å².